The summed E-state index contributed by atoms with van der Waals surface area (Å²) in [5, 5.41) is 6.81. The number of carbonyl (C=O) groups is 1. The summed E-state index contributed by atoms with van der Waals surface area (Å²) >= 11 is 0. The molecule has 1 aromatic heterocycles. The Morgan fingerprint density at radius 1 is 1.30 bits per heavy atom. The van der Waals surface area contributed by atoms with Crippen molar-refractivity contribution in [3.05, 3.63) is 18.2 Å². The molecule has 0 spiro atoms. The summed E-state index contributed by atoms with van der Waals surface area (Å²) < 4.78 is 0. The van der Waals surface area contributed by atoms with Gasteiger partial charge in [-0.05, 0) is 31.6 Å². The Morgan fingerprint density at radius 2 is 2.20 bits per heavy atom. The molecule has 2 unspecified atom stereocenters. The average molecular weight is 274 g/mol. The van der Waals surface area contributed by atoms with Gasteiger partial charge in [-0.2, -0.15) is 0 Å². The van der Waals surface area contributed by atoms with Crippen LogP contribution in [0.4, 0.5) is 0 Å². The Bertz CT molecular complexity index is 472. The Kier molecular flexibility index (Phi) is 3.02. The average Bonchev–Trinajstić information content (AvgIpc) is 2.89. The molecular weight excluding hydrogens is 252 g/mol. The Labute approximate surface area is 118 Å². The van der Waals surface area contributed by atoms with E-state index >= 15 is 0 Å². The molecule has 4 rings (SSSR count). The number of hydrogen-bond acceptors (Lipinski definition) is 3. The lowest BCUT2D eigenvalue weighted by Gasteiger charge is -2.24. The second kappa shape index (κ2) is 4.88. The largest absolute Gasteiger partial charge is 0.348 e. The first-order valence-corrected chi connectivity index (χ1v) is 7.86. The van der Waals surface area contributed by atoms with E-state index in [9.17, 15) is 4.79 Å². The highest BCUT2D eigenvalue weighted by molar-refractivity contribution is 5.83. The lowest BCUT2D eigenvalue weighted by molar-refractivity contribution is -0.123. The van der Waals surface area contributed by atoms with E-state index in [2.05, 4.69) is 20.6 Å². The highest BCUT2D eigenvalue weighted by atomic mass is 16.2. The summed E-state index contributed by atoms with van der Waals surface area (Å²) in [4.78, 5) is 19.4. The van der Waals surface area contributed by atoms with E-state index in [0.717, 1.165) is 24.5 Å². The molecule has 3 N–H and O–H groups in total. The SMILES string of the molecule is O=C(N[C@H]1CC2CCCCC2N1)[C@@H]1C[C@@H]1c1cnc[nH]1. The predicted octanol–water partition coefficient (Wildman–Crippen LogP) is 1.51. The standard InChI is InChI=1S/C15H22N4O/c20-15(11-6-10(11)13-7-16-8-17-13)19-14-5-9-3-1-2-4-12(9)18-14/h7-12,14,18H,1-6H2,(H,16,17)(H,19,20)/t9?,10-,11+,12?,14-/m0/s1. The molecule has 1 aliphatic heterocycles. The van der Waals surface area contributed by atoms with Crippen LogP contribution in [0.1, 0.15) is 50.1 Å². The number of hydrogen-bond donors (Lipinski definition) is 3. The van der Waals surface area contributed by atoms with Crippen LogP contribution in [0.2, 0.25) is 0 Å². The number of nitrogens with one attached hydrogen (secondary N) is 3. The molecule has 2 aliphatic carbocycles. The summed E-state index contributed by atoms with van der Waals surface area (Å²) in [6.07, 6.45) is 11.1. The van der Waals surface area contributed by atoms with Crippen molar-refractivity contribution in [1.29, 1.82) is 0 Å². The summed E-state index contributed by atoms with van der Waals surface area (Å²) in [5.41, 5.74) is 1.10. The fraction of sp³-hybridized carbons (Fsp3) is 0.733. The zero-order valence-corrected chi connectivity index (χ0v) is 11.6. The van der Waals surface area contributed by atoms with Gasteiger partial charge in [0.25, 0.3) is 0 Å². The third-order valence-corrected chi connectivity index (χ3v) is 5.23. The van der Waals surface area contributed by atoms with Crippen molar-refractivity contribution in [3.63, 3.8) is 0 Å². The van der Waals surface area contributed by atoms with Gasteiger partial charge in [-0.1, -0.05) is 12.8 Å². The molecule has 1 saturated heterocycles. The Hall–Kier alpha value is -1.36. The Morgan fingerprint density at radius 3 is 3.00 bits per heavy atom. The van der Waals surface area contributed by atoms with Gasteiger partial charge in [-0.25, -0.2) is 4.98 Å². The van der Waals surface area contributed by atoms with Gasteiger partial charge in [-0.3, -0.25) is 10.1 Å². The first-order chi connectivity index (χ1) is 9.81. The number of aromatic amines is 1. The highest BCUT2D eigenvalue weighted by Crippen LogP contribution is 2.46. The molecule has 0 radical (unpaired) electrons. The third-order valence-electron chi connectivity index (χ3n) is 5.23. The van der Waals surface area contributed by atoms with Crippen LogP contribution in [0.25, 0.3) is 0 Å². The first kappa shape index (κ1) is 12.4. The molecule has 20 heavy (non-hydrogen) atoms. The van der Waals surface area contributed by atoms with Crippen LogP contribution >= 0.6 is 0 Å². The van der Waals surface area contributed by atoms with Gasteiger partial charge in [-0.15, -0.1) is 0 Å². The molecular formula is C15H22N4O. The van der Waals surface area contributed by atoms with E-state index in [-0.39, 0.29) is 18.0 Å². The molecule has 5 heteroatoms. The van der Waals surface area contributed by atoms with Gasteiger partial charge in [0.05, 0.1) is 12.5 Å². The minimum Gasteiger partial charge on any atom is -0.348 e. The van der Waals surface area contributed by atoms with Crippen LogP contribution in [0, 0.1) is 11.8 Å². The quantitative estimate of drug-likeness (QED) is 0.782. The number of H-pyrrole nitrogens is 1. The molecule has 2 heterocycles. The van der Waals surface area contributed by atoms with E-state index in [1.165, 1.54) is 25.7 Å². The number of aromatic nitrogens is 2. The van der Waals surface area contributed by atoms with Crippen molar-refractivity contribution in [1.82, 2.24) is 20.6 Å². The van der Waals surface area contributed by atoms with Crippen molar-refractivity contribution >= 4 is 5.91 Å². The second-order valence-electron chi connectivity index (χ2n) is 6.57. The van der Waals surface area contributed by atoms with Crippen molar-refractivity contribution in [2.24, 2.45) is 11.8 Å². The monoisotopic (exact) mass is 274 g/mol. The van der Waals surface area contributed by atoms with Crippen LogP contribution in [0.15, 0.2) is 12.5 Å². The smallest absolute Gasteiger partial charge is 0.225 e. The van der Waals surface area contributed by atoms with E-state index in [1.807, 2.05) is 6.20 Å². The van der Waals surface area contributed by atoms with Crippen molar-refractivity contribution in [2.75, 3.05) is 0 Å². The van der Waals surface area contributed by atoms with E-state index in [4.69, 9.17) is 0 Å². The van der Waals surface area contributed by atoms with Crippen LogP contribution in [0.3, 0.4) is 0 Å². The summed E-state index contributed by atoms with van der Waals surface area (Å²) in [6, 6.07) is 0.636. The molecule has 1 amide bonds. The maximum atomic E-state index is 12.3. The summed E-state index contributed by atoms with van der Waals surface area (Å²) in [7, 11) is 0. The van der Waals surface area contributed by atoms with Gasteiger partial charge < -0.3 is 10.3 Å². The number of rotatable bonds is 3. The summed E-state index contributed by atoms with van der Waals surface area (Å²) in [6.45, 7) is 0. The lowest BCUT2D eigenvalue weighted by atomic mass is 9.85. The second-order valence-corrected chi connectivity index (χ2v) is 6.57. The predicted molar refractivity (Wildman–Crippen MR) is 74.9 cm³/mol. The molecule has 2 saturated carbocycles. The molecule has 0 bridgehead atoms. The topological polar surface area (TPSA) is 69.8 Å². The Balaban J connectivity index is 1.31. The molecule has 3 aliphatic rings. The van der Waals surface area contributed by atoms with Crippen molar-refractivity contribution < 1.29 is 4.79 Å². The van der Waals surface area contributed by atoms with E-state index in [0.29, 0.717) is 12.0 Å². The normalized spacial score (nSPS) is 39.3. The first-order valence-electron chi connectivity index (χ1n) is 7.86. The lowest BCUT2D eigenvalue weighted by Crippen LogP contribution is -2.44. The van der Waals surface area contributed by atoms with Gasteiger partial charge in [0, 0.05) is 29.8 Å². The minimum absolute atomic E-state index is 0.139. The molecule has 3 fully saturated rings. The minimum atomic E-state index is 0.139. The van der Waals surface area contributed by atoms with Crippen LogP contribution in [0.5, 0.6) is 0 Å². The van der Waals surface area contributed by atoms with Crippen LogP contribution in [-0.2, 0) is 4.79 Å². The molecule has 5 atom stereocenters. The molecule has 1 aromatic rings. The zero-order valence-electron chi connectivity index (χ0n) is 11.6. The summed E-state index contributed by atoms with van der Waals surface area (Å²) in [5.74, 6) is 1.47. The van der Waals surface area contributed by atoms with Crippen molar-refractivity contribution in [2.45, 2.75) is 56.7 Å². The van der Waals surface area contributed by atoms with Gasteiger partial charge in [0.1, 0.15) is 0 Å². The highest BCUT2D eigenvalue weighted by Gasteiger charge is 2.46. The van der Waals surface area contributed by atoms with Crippen LogP contribution in [-0.4, -0.2) is 28.1 Å². The van der Waals surface area contributed by atoms with Crippen LogP contribution < -0.4 is 10.6 Å². The molecule has 108 valence electrons. The fourth-order valence-corrected chi connectivity index (χ4v) is 4.02. The van der Waals surface area contributed by atoms with Crippen molar-refractivity contribution in [3.8, 4) is 0 Å². The number of carbonyl (C=O) groups excluding carboxylic acids is 1. The van der Waals surface area contributed by atoms with Gasteiger partial charge >= 0.3 is 0 Å². The van der Waals surface area contributed by atoms with Gasteiger partial charge in [0.2, 0.25) is 5.91 Å². The molecule has 0 aromatic carbocycles. The van der Waals surface area contributed by atoms with E-state index < -0.39 is 0 Å². The molecule has 5 nitrogen and oxygen atoms in total. The number of nitrogens with zero attached hydrogens (tertiary/aromatic N) is 1. The zero-order chi connectivity index (χ0) is 13.5. The van der Waals surface area contributed by atoms with Gasteiger partial charge in [0.15, 0.2) is 0 Å². The maximum absolute atomic E-state index is 12.3. The third kappa shape index (κ3) is 2.24. The number of amides is 1. The maximum Gasteiger partial charge on any atom is 0.225 e. The fourth-order valence-electron chi connectivity index (χ4n) is 4.02. The number of imidazole rings is 1. The number of fused-ring (bicyclic) bond motifs is 1. The van der Waals surface area contributed by atoms with E-state index in [1.54, 1.807) is 6.33 Å².